The maximum atomic E-state index is 12.2. The Kier molecular flexibility index (Phi) is 17.9. The number of aliphatic hydroxyl groups excluding tert-OH is 1. The third-order valence-electron chi connectivity index (χ3n) is 5.47. The summed E-state index contributed by atoms with van der Waals surface area (Å²) in [4.78, 5) is 30.3. The van der Waals surface area contributed by atoms with E-state index in [0.29, 0.717) is 12.8 Å². The minimum absolute atomic E-state index is 0.145. The van der Waals surface area contributed by atoms with E-state index in [2.05, 4.69) is 12.2 Å². The number of rotatable bonds is 20. The standard InChI is InChI=1S/C23H48NO5P/c1-4-5-6-7-8-9-10-11-12-13-14-15-16-17-23(26)24-21(18-20(2)3)22(25)19-30(27,28)29/h20-22,25H,4-19H2,1-3H3,(H,24,26)(H2,27,28,29)/t21-,22?/m0/s1. The van der Waals surface area contributed by atoms with Gasteiger partial charge in [0.2, 0.25) is 5.91 Å². The molecule has 4 N–H and O–H groups in total. The molecule has 2 atom stereocenters. The number of hydrogen-bond acceptors (Lipinski definition) is 3. The van der Waals surface area contributed by atoms with Crippen LogP contribution >= 0.6 is 7.60 Å². The second-order valence-electron chi connectivity index (χ2n) is 9.21. The maximum Gasteiger partial charge on any atom is 0.328 e. The molecular formula is C23H48NO5P. The average Bonchev–Trinajstić information content (AvgIpc) is 2.63. The molecular weight excluding hydrogens is 401 g/mol. The molecule has 0 aromatic carbocycles. The lowest BCUT2D eigenvalue weighted by Crippen LogP contribution is -2.45. The third kappa shape index (κ3) is 19.5. The van der Waals surface area contributed by atoms with Crippen LogP contribution < -0.4 is 5.32 Å². The first kappa shape index (κ1) is 29.6. The Morgan fingerprint density at radius 3 is 1.67 bits per heavy atom. The van der Waals surface area contributed by atoms with E-state index in [9.17, 15) is 14.5 Å². The van der Waals surface area contributed by atoms with Gasteiger partial charge < -0.3 is 20.2 Å². The largest absolute Gasteiger partial charge is 0.390 e. The first-order valence-corrected chi connectivity index (χ1v) is 14.0. The molecule has 6 nitrogen and oxygen atoms in total. The number of carbonyl (C=O) groups is 1. The molecule has 30 heavy (non-hydrogen) atoms. The fraction of sp³-hybridized carbons (Fsp3) is 0.957. The molecule has 180 valence electrons. The van der Waals surface area contributed by atoms with E-state index in [4.69, 9.17) is 9.79 Å². The second kappa shape index (κ2) is 18.2. The highest BCUT2D eigenvalue weighted by atomic mass is 31.2. The van der Waals surface area contributed by atoms with Gasteiger partial charge in [0.25, 0.3) is 0 Å². The molecule has 0 aliphatic rings. The van der Waals surface area contributed by atoms with Gasteiger partial charge in [0.1, 0.15) is 0 Å². The van der Waals surface area contributed by atoms with Crippen LogP contribution in [0, 0.1) is 5.92 Å². The average molecular weight is 450 g/mol. The summed E-state index contributed by atoms with van der Waals surface area (Å²) in [7, 11) is -4.31. The van der Waals surface area contributed by atoms with Crippen molar-refractivity contribution >= 4 is 13.5 Å². The summed E-state index contributed by atoms with van der Waals surface area (Å²) in [5.41, 5.74) is 0. The van der Waals surface area contributed by atoms with Crippen molar-refractivity contribution in [2.75, 3.05) is 6.16 Å². The molecule has 0 saturated heterocycles. The predicted molar refractivity (Wildman–Crippen MR) is 125 cm³/mol. The van der Waals surface area contributed by atoms with Gasteiger partial charge in [-0.25, -0.2) is 0 Å². The Morgan fingerprint density at radius 1 is 0.833 bits per heavy atom. The molecule has 0 rings (SSSR count). The van der Waals surface area contributed by atoms with Gasteiger partial charge in [-0.1, -0.05) is 97.8 Å². The number of unbranched alkanes of at least 4 members (excludes halogenated alkanes) is 12. The molecule has 0 heterocycles. The summed E-state index contributed by atoms with van der Waals surface area (Å²) in [6.07, 6.45) is 15.3. The lowest BCUT2D eigenvalue weighted by molar-refractivity contribution is -0.122. The van der Waals surface area contributed by atoms with E-state index in [-0.39, 0.29) is 11.8 Å². The van der Waals surface area contributed by atoms with Crippen LogP contribution in [0.3, 0.4) is 0 Å². The van der Waals surface area contributed by atoms with Crippen LogP contribution in [0.2, 0.25) is 0 Å². The van der Waals surface area contributed by atoms with E-state index in [1.165, 1.54) is 64.2 Å². The van der Waals surface area contributed by atoms with Gasteiger partial charge >= 0.3 is 7.60 Å². The normalized spacial score (nSPS) is 14.1. The van der Waals surface area contributed by atoms with Crippen molar-refractivity contribution in [1.29, 1.82) is 0 Å². The van der Waals surface area contributed by atoms with Crippen LogP contribution in [0.5, 0.6) is 0 Å². The predicted octanol–water partition coefficient (Wildman–Crippen LogP) is 5.54. The molecule has 1 amide bonds. The van der Waals surface area contributed by atoms with Crippen molar-refractivity contribution in [2.24, 2.45) is 5.92 Å². The SMILES string of the molecule is CCCCCCCCCCCCCCCC(=O)N[C@@H](CC(C)C)C(O)CP(=O)(O)O. The first-order chi connectivity index (χ1) is 14.2. The van der Waals surface area contributed by atoms with E-state index < -0.39 is 25.9 Å². The van der Waals surface area contributed by atoms with Crippen molar-refractivity contribution in [1.82, 2.24) is 5.32 Å². The summed E-state index contributed by atoms with van der Waals surface area (Å²) in [5, 5.41) is 12.9. The van der Waals surface area contributed by atoms with Crippen molar-refractivity contribution in [3.05, 3.63) is 0 Å². The van der Waals surface area contributed by atoms with Gasteiger partial charge in [-0.15, -0.1) is 0 Å². The number of amides is 1. The zero-order chi connectivity index (χ0) is 22.8. The van der Waals surface area contributed by atoms with E-state index in [1.807, 2.05) is 13.8 Å². The van der Waals surface area contributed by atoms with Crippen LogP contribution in [0.1, 0.15) is 117 Å². The highest BCUT2D eigenvalue weighted by Crippen LogP contribution is 2.36. The number of carbonyl (C=O) groups excluding carboxylic acids is 1. The number of hydrogen-bond donors (Lipinski definition) is 4. The summed E-state index contributed by atoms with van der Waals surface area (Å²) >= 11 is 0. The Labute approximate surface area is 184 Å². The zero-order valence-electron chi connectivity index (χ0n) is 19.7. The molecule has 0 bridgehead atoms. The fourth-order valence-corrected chi connectivity index (χ4v) is 4.52. The Morgan fingerprint density at radius 2 is 1.27 bits per heavy atom. The Balaban J connectivity index is 3.81. The van der Waals surface area contributed by atoms with Crippen LogP contribution in [-0.2, 0) is 9.36 Å². The van der Waals surface area contributed by atoms with Crippen LogP contribution in [-0.4, -0.2) is 39.1 Å². The molecule has 0 radical (unpaired) electrons. The lowest BCUT2D eigenvalue weighted by atomic mass is 9.99. The van der Waals surface area contributed by atoms with Crippen LogP contribution in [0.25, 0.3) is 0 Å². The topological polar surface area (TPSA) is 107 Å². The van der Waals surface area contributed by atoms with Crippen molar-refractivity contribution in [3.63, 3.8) is 0 Å². The first-order valence-electron chi connectivity index (χ1n) is 12.2. The second-order valence-corrected chi connectivity index (χ2v) is 10.9. The molecule has 0 aliphatic heterocycles. The summed E-state index contributed by atoms with van der Waals surface area (Å²) in [6.45, 7) is 6.15. The van der Waals surface area contributed by atoms with Gasteiger partial charge in [-0.2, -0.15) is 0 Å². The van der Waals surface area contributed by atoms with Crippen molar-refractivity contribution in [2.45, 2.75) is 129 Å². The van der Waals surface area contributed by atoms with E-state index >= 15 is 0 Å². The molecule has 7 heteroatoms. The molecule has 0 aliphatic carbocycles. The van der Waals surface area contributed by atoms with Gasteiger partial charge in [0.15, 0.2) is 0 Å². The smallest absolute Gasteiger partial charge is 0.328 e. The third-order valence-corrected chi connectivity index (χ3v) is 6.32. The van der Waals surface area contributed by atoms with Crippen molar-refractivity contribution < 1.29 is 24.3 Å². The van der Waals surface area contributed by atoms with Gasteiger partial charge in [-0.05, 0) is 18.8 Å². The van der Waals surface area contributed by atoms with Crippen molar-refractivity contribution in [3.8, 4) is 0 Å². The number of aliphatic hydroxyl groups is 1. The monoisotopic (exact) mass is 449 g/mol. The summed E-state index contributed by atoms with van der Waals surface area (Å²) in [6, 6.07) is -0.618. The molecule has 0 saturated carbocycles. The molecule has 1 unspecified atom stereocenters. The lowest BCUT2D eigenvalue weighted by Gasteiger charge is -2.26. The van der Waals surface area contributed by atoms with Gasteiger partial charge in [0, 0.05) is 6.42 Å². The highest BCUT2D eigenvalue weighted by Gasteiger charge is 2.28. The molecule has 0 spiro atoms. The van der Waals surface area contributed by atoms with E-state index in [0.717, 1.165) is 19.3 Å². The van der Waals surface area contributed by atoms with Gasteiger partial charge in [0.05, 0.1) is 18.3 Å². The minimum Gasteiger partial charge on any atom is -0.390 e. The number of nitrogens with one attached hydrogen (secondary N) is 1. The molecule has 0 aromatic heterocycles. The minimum atomic E-state index is -4.31. The molecule has 0 fully saturated rings. The van der Waals surface area contributed by atoms with Crippen LogP contribution in [0.15, 0.2) is 0 Å². The zero-order valence-corrected chi connectivity index (χ0v) is 20.5. The maximum absolute atomic E-state index is 12.2. The highest BCUT2D eigenvalue weighted by molar-refractivity contribution is 7.51. The Hall–Kier alpha value is -0.420. The summed E-state index contributed by atoms with van der Waals surface area (Å²) < 4.78 is 11.1. The van der Waals surface area contributed by atoms with Gasteiger partial charge in [-0.3, -0.25) is 9.36 Å². The van der Waals surface area contributed by atoms with Crippen LogP contribution in [0.4, 0.5) is 0 Å². The fourth-order valence-electron chi connectivity index (χ4n) is 3.77. The Bertz CT molecular complexity index is 467. The quantitative estimate of drug-likeness (QED) is 0.144. The van der Waals surface area contributed by atoms with E-state index in [1.54, 1.807) is 0 Å². The summed E-state index contributed by atoms with van der Waals surface area (Å²) in [5.74, 6) is 0.0616. The molecule has 0 aromatic rings.